The molecule has 102 heavy (non-hydrogen) atoms. The van der Waals surface area contributed by atoms with Gasteiger partial charge in [0.2, 0.25) is 70.9 Å². The van der Waals surface area contributed by atoms with Gasteiger partial charge in [0.1, 0.15) is 66.2 Å². The predicted octanol–water partition coefficient (Wildman–Crippen LogP) is -1.72. The highest BCUT2D eigenvalue weighted by Crippen LogP contribution is 2.30. The van der Waals surface area contributed by atoms with Gasteiger partial charge in [-0.3, -0.25) is 67.3 Å². The number of nitrogens with two attached hydrogens (primary N) is 5. The Hall–Kier alpha value is -9.60. The van der Waals surface area contributed by atoms with E-state index in [-0.39, 0.29) is 120 Å². The number of nitrogens with one attached hydrogen (secondary N) is 9. The molecule has 0 radical (unpaired) electrons. The summed E-state index contributed by atoms with van der Waals surface area (Å²) in [6, 6.07) is -0.919. The number of carbonyl (C=O) groups is 14. The number of aliphatic carboxylic acids is 2. The number of unbranched alkanes of at least 4 members (excludes halogenated alkanes) is 1. The molecule has 3 aliphatic rings. The van der Waals surface area contributed by atoms with Gasteiger partial charge in [-0.1, -0.05) is 107 Å². The fraction of sp³-hybridized carbons (Fsp3) is 0.603. The number of primary amides is 2. The topological polar surface area (TPSA) is 554 Å². The van der Waals surface area contributed by atoms with Crippen LogP contribution in [0.3, 0.4) is 0 Å². The van der Waals surface area contributed by atoms with Gasteiger partial charge in [-0.05, 0) is 105 Å². The third-order valence-electron chi connectivity index (χ3n) is 18.2. The Bertz CT molecular complexity index is 3220. The number of phenols is 1. The Labute approximate surface area is 597 Å². The third kappa shape index (κ3) is 29.2. The minimum Gasteiger partial charge on any atom is -0.508 e. The standard InChI is InChI=1S/C68H102N16O17S/c69-28-11-10-20-44(59(92)83-52(67(100)101)35-42-23-25-43(85)26-24-42)76-64(97)50(38-57(89)90)80-63(96)49(36-54(70)86)81-65(98)53-22-13-30-84(53)66(99)51(37-55(71)87)82-58(91)45(21-12-29-74-68(72)73)77-61(94)47(33-40-16-6-2-7-17-40)79-62(95)48(34-41-18-8-3-9-19-41)78-60(93)46(75-56(88)27-31-102)32-39-14-4-1-5-15-39/h1,4-5,14-15,23-26,40-41,44-53,85,102H,2-3,6-13,16-22,27-38,69H2,(H2,70,86)(H2,71,87)(H,75,88)(H,76,97)(H,77,94)(H,78,93)(H,79,95)(H,80,96)(H,81,98)(H,82,91)(H,83,92)(H,89,90)(H,100,101)(H4,72,73,74)/t44-,45-,46-,47-,48-,49-,50-,51-,52-,53-/m0/s1. The second kappa shape index (κ2) is 43.3. The Morgan fingerprint density at radius 3 is 1.45 bits per heavy atom. The molecule has 10 atom stereocenters. The number of hydrogen-bond acceptors (Lipinski definition) is 18. The fourth-order valence-corrected chi connectivity index (χ4v) is 13.1. The third-order valence-corrected chi connectivity index (χ3v) is 18.4. The average Bonchev–Trinajstić information content (AvgIpc) is 1.59. The molecular weight excluding hydrogens is 1340 g/mol. The van der Waals surface area contributed by atoms with Crippen LogP contribution in [0.5, 0.6) is 5.75 Å². The first kappa shape index (κ1) is 83.1. The number of amides is 12. The first-order chi connectivity index (χ1) is 48.6. The largest absolute Gasteiger partial charge is 0.508 e. The molecule has 562 valence electrons. The van der Waals surface area contributed by atoms with E-state index in [1.165, 1.54) is 24.3 Å². The Kier molecular flexibility index (Phi) is 35.2. The number of likely N-dealkylation sites (tertiary alicyclic amines) is 1. The molecule has 34 heteroatoms. The summed E-state index contributed by atoms with van der Waals surface area (Å²) in [5, 5.41) is 52.7. The summed E-state index contributed by atoms with van der Waals surface area (Å²) < 4.78 is 0. The number of hydrogen-bond donors (Lipinski definition) is 18. The number of carboxylic acid groups (broad SMARTS) is 2. The summed E-state index contributed by atoms with van der Waals surface area (Å²) in [7, 11) is 0. The van der Waals surface area contributed by atoms with Crippen LogP contribution >= 0.6 is 12.6 Å². The van der Waals surface area contributed by atoms with E-state index in [1.54, 1.807) is 24.3 Å². The first-order valence-electron chi connectivity index (χ1n) is 34.9. The zero-order valence-electron chi connectivity index (χ0n) is 57.4. The summed E-state index contributed by atoms with van der Waals surface area (Å²) in [5.41, 5.74) is 29.3. The van der Waals surface area contributed by atoms with E-state index in [9.17, 15) is 82.4 Å². The first-order valence-corrected chi connectivity index (χ1v) is 35.5. The molecule has 12 amide bonds. The zero-order valence-corrected chi connectivity index (χ0v) is 58.3. The highest BCUT2D eigenvalue weighted by molar-refractivity contribution is 7.80. The van der Waals surface area contributed by atoms with Gasteiger partial charge in [0, 0.05) is 32.4 Å². The van der Waals surface area contributed by atoms with Crippen LogP contribution < -0.4 is 76.5 Å². The highest BCUT2D eigenvalue weighted by Gasteiger charge is 2.42. The summed E-state index contributed by atoms with van der Waals surface area (Å²) in [6.07, 6.45) is 6.09. The lowest BCUT2D eigenvalue weighted by Crippen LogP contribution is -2.61. The van der Waals surface area contributed by atoms with Crippen LogP contribution in [0.25, 0.3) is 0 Å². The van der Waals surface area contributed by atoms with Crippen LogP contribution in [0.15, 0.2) is 59.6 Å². The van der Waals surface area contributed by atoms with Crippen molar-refractivity contribution in [2.75, 3.05) is 25.4 Å². The van der Waals surface area contributed by atoms with Crippen molar-refractivity contribution in [3.63, 3.8) is 0 Å². The fourth-order valence-electron chi connectivity index (χ4n) is 12.9. The molecule has 1 aliphatic heterocycles. The Morgan fingerprint density at radius 1 is 0.490 bits per heavy atom. The molecule has 3 fully saturated rings. The van der Waals surface area contributed by atoms with Crippen molar-refractivity contribution < 1.29 is 82.4 Å². The number of guanidine groups is 1. The number of aliphatic imine (C=N–C) groups is 1. The lowest BCUT2D eigenvalue weighted by Gasteiger charge is -2.32. The molecule has 2 aromatic carbocycles. The van der Waals surface area contributed by atoms with Gasteiger partial charge < -0.3 is 96.7 Å². The maximum atomic E-state index is 15.0. The number of benzene rings is 2. The van der Waals surface area contributed by atoms with Crippen LogP contribution in [0.1, 0.15) is 159 Å². The molecule has 2 aliphatic carbocycles. The SMILES string of the molecule is NCCCC[C@H](NC(=O)[C@H](CC(=O)O)NC(=O)[C@H](CC(N)=O)NC(=O)[C@@H]1CCCN1C(=O)[C@H](CC(N)=O)NC(=O)[C@H](CCCN=C(N)N)NC(=O)[C@H](CC1CCCCC1)NC(=O)[C@H](CC1CCCCC1)NC(=O)[C@H](Cc1ccccc1)NC(=O)CCS)C(=O)N[C@@H](Cc1ccc(O)cc1)C(=O)O. The molecule has 2 aromatic rings. The second-order valence-corrected chi connectivity index (χ2v) is 26.8. The van der Waals surface area contributed by atoms with Crippen molar-refractivity contribution in [1.82, 2.24) is 52.8 Å². The minimum absolute atomic E-state index is 0.0258. The van der Waals surface area contributed by atoms with Gasteiger partial charge in [-0.25, -0.2) is 4.79 Å². The summed E-state index contributed by atoms with van der Waals surface area (Å²) >= 11 is 4.19. The average molecular weight is 1450 g/mol. The van der Waals surface area contributed by atoms with Crippen molar-refractivity contribution in [1.29, 1.82) is 0 Å². The van der Waals surface area contributed by atoms with Crippen molar-refractivity contribution >= 4 is 101 Å². The monoisotopic (exact) mass is 1450 g/mol. The van der Waals surface area contributed by atoms with Crippen molar-refractivity contribution in [2.45, 2.75) is 221 Å². The van der Waals surface area contributed by atoms with Crippen LogP contribution in [0, 0.1) is 11.8 Å². The minimum atomic E-state index is -2.01. The normalized spacial score (nSPS) is 17.3. The van der Waals surface area contributed by atoms with Gasteiger partial charge in [-0.15, -0.1) is 0 Å². The summed E-state index contributed by atoms with van der Waals surface area (Å²) in [6.45, 7) is -0.0607. The van der Waals surface area contributed by atoms with Crippen LogP contribution in [0.4, 0.5) is 0 Å². The van der Waals surface area contributed by atoms with Gasteiger partial charge >= 0.3 is 11.9 Å². The number of rotatable bonds is 43. The lowest BCUT2D eigenvalue weighted by molar-refractivity contribution is -0.144. The number of carboxylic acids is 2. The quantitative estimate of drug-likeness (QED) is 0.0152. The number of phenolic OH excluding ortho intramolecular Hbond substituents is 1. The number of nitrogens with zero attached hydrogens (tertiary/aromatic N) is 2. The molecule has 1 saturated heterocycles. The smallest absolute Gasteiger partial charge is 0.326 e. The van der Waals surface area contributed by atoms with Crippen LogP contribution in [-0.4, -0.2) is 195 Å². The molecular formula is C68H102N16O17S. The van der Waals surface area contributed by atoms with Crippen molar-refractivity contribution in [3.05, 3.63) is 65.7 Å². The Morgan fingerprint density at radius 2 is 0.941 bits per heavy atom. The Balaban J connectivity index is 1.37. The van der Waals surface area contributed by atoms with Crippen molar-refractivity contribution in [2.24, 2.45) is 45.5 Å². The van der Waals surface area contributed by atoms with E-state index >= 15 is 0 Å². The molecule has 22 N–H and O–H groups in total. The number of thiol groups is 1. The highest BCUT2D eigenvalue weighted by atomic mass is 32.1. The van der Waals surface area contributed by atoms with E-state index in [2.05, 4.69) is 65.5 Å². The predicted molar refractivity (Wildman–Crippen MR) is 375 cm³/mol. The second-order valence-electron chi connectivity index (χ2n) is 26.3. The maximum Gasteiger partial charge on any atom is 0.326 e. The molecule has 33 nitrogen and oxygen atoms in total. The summed E-state index contributed by atoms with van der Waals surface area (Å²) in [5.74, 6) is -14.8. The van der Waals surface area contributed by atoms with Crippen LogP contribution in [-0.2, 0) is 80.0 Å². The van der Waals surface area contributed by atoms with E-state index in [4.69, 9.17) is 28.7 Å². The molecule has 0 aromatic heterocycles. The molecule has 0 unspecified atom stereocenters. The van der Waals surface area contributed by atoms with Gasteiger partial charge in [0.05, 0.1) is 19.3 Å². The number of carbonyl (C=O) groups excluding carboxylic acids is 12. The van der Waals surface area contributed by atoms with E-state index < -0.39 is 163 Å². The van der Waals surface area contributed by atoms with E-state index in [1.807, 2.05) is 6.07 Å². The van der Waals surface area contributed by atoms with E-state index in [0.29, 0.717) is 12.0 Å². The van der Waals surface area contributed by atoms with Gasteiger partial charge in [0.25, 0.3) is 0 Å². The van der Waals surface area contributed by atoms with Gasteiger partial charge in [-0.2, -0.15) is 12.6 Å². The molecule has 1 heterocycles. The molecule has 5 rings (SSSR count). The van der Waals surface area contributed by atoms with Crippen LogP contribution in [0.2, 0.25) is 0 Å². The number of aromatic hydroxyl groups is 1. The lowest BCUT2D eigenvalue weighted by atomic mass is 9.83. The summed E-state index contributed by atoms with van der Waals surface area (Å²) in [4.78, 5) is 198. The molecule has 0 spiro atoms. The zero-order chi connectivity index (χ0) is 74.8. The van der Waals surface area contributed by atoms with Gasteiger partial charge in [0.15, 0.2) is 5.96 Å². The van der Waals surface area contributed by atoms with E-state index in [0.717, 1.165) is 74.7 Å². The maximum absolute atomic E-state index is 15.0. The van der Waals surface area contributed by atoms with Crippen molar-refractivity contribution in [3.8, 4) is 5.75 Å². The molecule has 2 saturated carbocycles. The molecule has 0 bridgehead atoms.